The Kier molecular flexibility index (Phi) is 5.71. The van der Waals surface area contributed by atoms with Gasteiger partial charge in [0.05, 0.1) is 0 Å². The lowest BCUT2D eigenvalue weighted by Crippen LogP contribution is -2.44. The van der Waals surface area contributed by atoms with Crippen LogP contribution in [-0.4, -0.2) is 29.9 Å². The Bertz CT molecular complexity index is 497. The van der Waals surface area contributed by atoms with Crippen molar-refractivity contribution < 1.29 is 4.79 Å². The molecule has 1 saturated heterocycles. The molecular formula is C20H30N2O. The van der Waals surface area contributed by atoms with Gasteiger partial charge in [-0.3, -0.25) is 9.69 Å². The molecule has 2 aliphatic rings. The van der Waals surface area contributed by atoms with Crippen molar-refractivity contribution in [2.24, 2.45) is 5.92 Å². The zero-order chi connectivity index (χ0) is 16.1. The Hall–Kier alpha value is -1.35. The van der Waals surface area contributed by atoms with Gasteiger partial charge in [-0.2, -0.15) is 0 Å². The van der Waals surface area contributed by atoms with E-state index in [-0.39, 0.29) is 5.92 Å². The summed E-state index contributed by atoms with van der Waals surface area (Å²) >= 11 is 0. The zero-order valence-corrected chi connectivity index (χ0v) is 14.4. The van der Waals surface area contributed by atoms with Gasteiger partial charge in [-0.05, 0) is 51.3 Å². The Labute approximate surface area is 140 Å². The summed E-state index contributed by atoms with van der Waals surface area (Å²) in [5.74, 6) is 0.540. The van der Waals surface area contributed by atoms with Crippen LogP contribution in [0, 0.1) is 12.8 Å². The molecule has 2 fully saturated rings. The Morgan fingerprint density at radius 3 is 2.35 bits per heavy atom. The van der Waals surface area contributed by atoms with Crippen LogP contribution in [0.25, 0.3) is 0 Å². The molecule has 1 N–H and O–H groups in total. The fraction of sp³-hybridized carbons (Fsp3) is 0.650. The number of piperidine rings is 1. The van der Waals surface area contributed by atoms with E-state index in [1.165, 1.54) is 43.2 Å². The predicted octanol–water partition coefficient (Wildman–Crippen LogP) is 3.66. The number of rotatable bonds is 4. The maximum Gasteiger partial charge on any atom is 0.223 e. The molecule has 0 radical (unpaired) electrons. The molecule has 1 amide bonds. The molecule has 3 heteroatoms. The van der Waals surface area contributed by atoms with Crippen molar-refractivity contribution in [1.82, 2.24) is 10.2 Å². The number of nitrogens with zero attached hydrogens (tertiary/aromatic N) is 1. The lowest BCUT2D eigenvalue weighted by atomic mass is 9.92. The van der Waals surface area contributed by atoms with Crippen molar-refractivity contribution >= 4 is 5.91 Å². The molecule has 23 heavy (non-hydrogen) atoms. The number of hydrogen-bond acceptors (Lipinski definition) is 2. The number of carbonyl (C=O) groups excluding carboxylic acids is 1. The average molecular weight is 314 g/mol. The van der Waals surface area contributed by atoms with Gasteiger partial charge in [-0.25, -0.2) is 0 Å². The molecule has 0 spiro atoms. The Morgan fingerprint density at radius 1 is 1.04 bits per heavy atom. The standard InChI is InChI=1S/C20H30N2O/c1-16-7-9-17(10-8-16)15-22-13-11-18(12-14-22)20(23)21-19-5-3-2-4-6-19/h7-10,18-19H,2-6,11-15H2,1H3,(H,21,23). The lowest BCUT2D eigenvalue weighted by molar-refractivity contribution is -0.127. The van der Waals surface area contributed by atoms with Crippen LogP contribution in [-0.2, 0) is 11.3 Å². The topological polar surface area (TPSA) is 32.3 Å². The van der Waals surface area contributed by atoms with Crippen LogP contribution in [0.5, 0.6) is 0 Å². The molecule has 1 aliphatic heterocycles. The first-order chi connectivity index (χ1) is 11.2. The van der Waals surface area contributed by atoms with Gasteiger partial charge in [0.1, 0.15) is 0 Å². The summed E-state index contributed by atoms with van der Waals surface area (Å²) in [6.07, 6.45) is 8.26. The maximum absolute atomic E-state index is 12.4. The van der Waals surface area contributed by atoms with E-state index >= 15 is 0 Å². The highest BCUT2D eigenvalue weighted by atomic mass is 16.1. The Balaban J connectivity index is 1.42. The third-order valence-corrected chi connectivity index (χ3v) is 5.44. The van der Waals surface area contributed by atoms with E-state index in [2.05, 4.69) is 41.4 Å². The molecule has 0 unspecified atom stereocenters. The first-order valence-electron chi connectivity index (χ1n) is 9.29. The molecule has 3 nitrogen and oxygen atoms in total. The molecular weight excluding hydrogens is 284 g/mol. The van der Waals surface area contributed by atoms with Crippen molar-refractivity contribution in [3.63, 3.8) is 0 Å². The molecule has 1 saturated carbocycles. The average Bonchev–Trinajstić information content (AvgIpc) is 2.58. The highest BCUT2D eigenvalue weighted by molar-refractivity contribution is 5.79. The van der Waals surface area contributed by atoms with Crippen LogP contribution in [0.3, 0.4) is 0 Å². The lowest BCUT2D eigenvalue weighted by Gasteiger charge is -2.32. The van der Waals surface area contributed by atoms with E-state index < -0.39 is 0 Å². The van der Waals surface area contributed by atoms with E-state index in [1.807, 2.05) is 0 Å². The molecule has 1 aromatic carbocycles. The van der Waals surface area contributed by atoms with Crippen LogP contribution in [0.1, 0.15) is 56.1 Å². The maximum atomic E-state index is 12.4. The molecule has 1 heterocycles. The molecule has 0 atom stereocenters. The predicted molar refractivity (Wildman–Crippen MR) is 94.2 cm³/mol. The van der Waals surface area contributed by atoms with Gasteiger partial charge >= 0.3 is 0 Å². The number of amides is 1. The summed E-state index contributed by atoms with van der Waals surface area (Å²) in [7, 11) is 0. The molecule has 1 aromatic rings. The van der Waals surface area contributed by atoms with E-state index in [9.17, 15) is 4.79 Å². The number of hydrogen-bond donors (Lipinski definition) is 1. The second-order valence-corrected chi connectivity index (χ2v) is 7.38. The normalized spacial score (nSPS) is 21.3. The minimum absolute atomic E-state index is 0.228. The summed E-state index contributed by atoms with van der Waals surface area (Å²) in [4.78, 5) is 14.9. The third kappa shape index (κ3) is 4.81. The van der Waals surface area contributed by atoms with E-state index in [1.54, 1.807) is 0 Å². The highest BCUT2D eigenvalue weighted by Gasteiger charge is 2.26. The number of nitrogens with one attached hydrogen (secondary N) is 1. The van der Waals surface area contributed by atoms with Crippen molar-refractivity contribution in [2.45, 2.75) is 64.5 Å². The van der Waals surface area contributed by atoms with Crippen molar-refractivity contribution in [2.75, 3.05) is 13.1 Å². The first kappa shape index (κ1) is 16.5. The van der Waals surface area contributed by atoms with Crippen molar-refractivity contribution in [3.8, 4) is 0 Å². The second kappa shape index (κ2) is 7.96. The molecule has 126 valence electrons. The monoisotopic (exact) mass is 314 g/mol. The number of likely N-dealkylation sites (tertiary alicyclic amines) is 1. The summed E-state index contributed by atoms with van der Waals surface area (Å²) < 4.78 is 0. The van der Waals surface area contributed by atoms with Gasteiger partial charge < -0.3 is 5.32 Å². The fourth-order valence-electron chi connectivity index (χ4n) is 3.87. The van der Waals surface area contributed by atoms with E-state index in [0.29, 0.717) is 11.9 Å². The summed E-state index contributed by atoms with van der Waals surface area (Å²) in [6, 6.07) is 9.25. The van der Waals surface area contributed by atoms with Crippen LogP contribution < -0.4 is 5.32 Å². The second-order valence-electron chi connectivity index (χ2n) is 7.38. The minimum atomic E-state index is 0.228. The van der Waals surface area contributed by atoms with Gasteiger partial charge in [-0.1, -0.05) is 49.1 Å². The van der Waals surface area contributed by atoms with Gasteiger partial charge in [0.15, 0.2) is 0 Å². The smallest absolute Gasteiger partial charge is 0.223 e. The molecule has 0 aromatic heterocycles. The molecule has 0 bridgehead atoms. The van der Waals surface area contributed by atoms with Crippen LogP contribution in [0.2, 0.25) is 0 Å². The largest absolute Gasteiger partial charge is 0.353 e. The Morgan fingerprint density at radius 2 is 1.70 bits per heavy atom. The van der Waals surface area contributed by atoms with Crippen LogP contribution >= 0.6 is 0 Å². The number of benzene rings is 1. The fourth-order valence-corrected chi connectivity index (χ4v) is 3.87. The number of carbonyl (C=O) groups is 1. The minimum Gasteiger partial charge on any atom is -0.353 e. The number of aryl methyl sites for hydroxylation is 1. The third-order valence-electron chi connectivity index (χ3n) is 5.44. The molecule has 1 aliphatic carbocycles. The van der Waals surface area contributed by atoms with Crippen LogP contribution in [0.15, 0.2) is 24.3 Å². The van der Waals surface area contributed by atoms with E-state index in [0.717, 1.165) is 32.5 Å². The summed E-state index contributed by atoms with van der Waals surface area (Å²) in [5, 5.41) is 3.30. The van der Waals surface area contributed by atoms with Gasteiger partial charge in [0.25, 0.3) is 0 Å². The molecule has 3 rings (SSSR count). The SMILES string of the molecule is Cc1ccc(CN2CCC(C(=O)NC3CCCCC3)CC2)cc1. The van der Waals surface area contributed by atoms with Gasteiger partial charge in [0, 0.05) is 18.5 Å². The van der Waals surface area contributed by atoms with Crippen molar-refractivity contribution in [3.05, 3.63) is 35.4 Å². The van der Waals surface area contributed by atoms with Gasteiger partial charge in [-0.15, -0.1) is 0 Å². The highest BCUT2D eigenvalue weighted by Crippen LogP contribution is 2.22. The van der Waals surface area contributed by atoms with Crippen molar-refractivity contribution in [1.29, 1.82) is 0 Å². The quantitative estimate of drug-likeness (QED) is 0.920. The summed E-state index contributed by atoms with van der Waals surface area (Å²) in [5.41, 5.74) is 2.69. The summed E-state index contributed by atoms with van der Waals surface area (Å²) in [6.45, 7) is 5.21. The van der Waals surface area contributed by atoms with E-state index in [4.69, 9.17) is 0 Å². The van der Waals surface area contributed by atoms with Gasteiger partial charge in [0.2, 0.25) is 5.91 Å². The zero-order valence-electron chi connectivity index (χ0n) is 14.4. The first-order valence-corrected chi connectivity index (χ1v) is 9.29. The van der Waals surface area contributed by atoms with Crippen LogP contribution in [0.4, 0.5) is 0 Å².